The largest absolute Gasteiger partial charge is 0.477 e. The average molecular weight is 443 g/mol. The van der Waals surface area contributed by atoms with Crippen LogP contribution in [-0.4, -0.2) is 50.8 Å². The van der Waals surface area contributed by atoms with E-state index < -0.39 is 35.2 Å². The van der Waals surface area contributed by atoms with Crippen molar-refractivity contribution in [3.8, 4) is 23.2 Å². The van der Waals surface area contributed by atoms with Gasteiger partial charge in [-0.3, -0.25) is 14.6 Å². The highest BCUT2D eigenvalue weighted by Crippen LogP contribution is 2.35. The summed E-state index contributed by atoms with van der Waals surface area (Å²) in [6.45, 7) is -1.30. The number of rotatable bonds is 5. The van der Waals surface area contributed by atoms with Gasteiger partial charge in [0, 0.05) is 25.0 Å². The SMILES string of the molecule is N#Cc1ccc(OC[C@H]2CN(c3cc(-c4c[nH]c(=O)[nH]c4=O)n[nH]c3=O)CC2(F)F)nc1. The Morgan fingerprint density at radius 3 is 2.78 bits per heavy atom. The summed E-state index contributed by atoms with van der Waals surface area (Å²) in [5, 5.41) is 14.7. The van der Waals surface area contributed by atoms with Gasteiger partial charge in [0.15, 0.2) is 0 Å². The third-order valence-corrected chi connectivity index (χ3v) is 4.96. The van der Waals surface area contributed by atoms with E-state index in [2.05, 4.69) is 20.2 Å². The van der Waals surface area contributed by atoms with Gasteiger partial charge in [0.25, 0.3) is 17.0 Å². The summed E-state index contributed by atoms with van der Waals surface area (Å²) in [4.78, 5) is 44.8. The Kier molecular flexibility index (Phi) is 5.27. The van der Waals surface area contributed by atoms with Gasteiger partial charge in [-0.05, 0) is 12.1 Å². The highest BCUT2D eigenvalue weighted by atomic mass is 19.3. The van der Waals surface area contributed by atoms with E-state index in [9.17, 15) is 23.2 Å². The predicted octanol–water partition coefficient (Wildman–Crippen LogP) is 0.231. The first-order chi connectivity index (χ1) is 15.3. The zero-order valence-corrected chi connectivity index (χ0v) is 16.3. The molecule has 0 aromatic carbocycles. The number of halogens is 2. The van der Waals surface area contributed by atoms with Crippen LogP contribution in [0.15, 0.2) is 45.0 Å². The number of pyridine rings is 1. The van der Waals surface area contributed by atoms with Gasteiger partial charge in [0.05, 0.1) is 29.3 Å². The smallest absolute Gasteiger partial charge is 0.325 e. The fourth-order valence-corrected chi connectivity index (χ4v) is 3.29. The van der Waals surface area contributed by atoms with Crippen LogP contribution in [0, 0.1) is 17.2 Å². The molecule has 0 spiro atoms. The van der Waals surface area contributed by atoms with E-state index in [1.807, 2.05) is 11.1 Å². The van der Waals surface area contributed by atoms with Crippen LogP contribution in [0.25, 0.3) is 11.3 Å². The summed E-state index contributed by atoms with van der Waals surface area (Å²) >= 11 is 0. The predicted molar refractivity (Wildman–Crippen MR) is 107 cm³/mol. The molecule has 164 valence electrons. The Hall–Kier alpha value is -4.34. The lowest BCUT2D eigenvalue weighted by Gasteiger charge is -2.17. The van der Waals surface area contributed by atoms with Crippen LogP contribution in [0.3, 0.4) is 0 Å². The van der Waals surface area contributed by atoms with E-state index in [1.165, 1.54) is 29.3 Å². The quantitative estimate of drug-likeness (QED) is 0.505. The van der Waals surface area contributed by atoms with Crippen molar-refractivity contribution in [1.29, 1.82) is 5.26 Å². The van der Waals surface area contributed by atoms with Gasteiger partial charge in [-0.25, -0.2) is 23.7 Å². The third-order valence-electron chi connectivity index (χ3n) is 4.96. The van der Waals surface area contributed by atoms with Crippen LogP contribution in [0.4, 0.5) is 14.5 Å². The lowest BCUT2D eigenvalue weighted by molar-refractivity contribution is -0.0359. The molecule has 0 aliphatic carbocycles. The van der Waals surface area contributed by atoms with Crippen LogP contribution >= 0.6 is 0 Å². The van der Waals surface area contributed by atoms with Crippen LogP contribution < -0.4 is 26.4 Å². The number of hydrogen-bond acceptors (Lipinski definition) is 8. The Balaban J connectivity index is 1.55. The average Bonchev–Trinajstić information content (AvgIpc) is 3.07. The van der Waals surface area contributed by atoms with Crippen LogP contribution in [-0.2, 0) is 0 Å². The summed E-state index contributed by atoms with van der Waals surface area (Å²) < 4.78 is 34.6. The van der Waals surface area contributed by atoms with E-state index in [0.717, 1.165) is 6.20 Å². The minimum absolute atomic E-state index is 0.00176. The molecule has 11 nitrogen and oxygen atoms in total. The zero-order valence-electron chi connectivity index (χ0n) is 16.3. The first-order valence-electron chi connectivity index (χ1n) is 9.30. The summed E-state index contributed by atoms with van der Waals surface area (Å²) in [7, 11) is 0. The van der Waals surface area contributed by atoms with Crippen LogP contribution in [0.5, 0.6) is 5.88 Å². The molecule has 1 atom stereocenters. The maximum Gasteiger partial charge on any atom is 0.325 e. The van der Waals surface area contributed by atoms with Crippen molar-refractivity contribution >= 4 is 5.69 Å². The number of ether oxygens (including phenoxy) is 1. The molecular formula is C19H15F2N7O4. The fourth-order valence-electron chi connectivity index (χ4n) is 3.29. The summed E-state index contributed by atoms with van der Waals surface area (Å²) in [5.74, 6) is -4.31. The molecule has 0 saturated carbocycles. The van der Waals surface area contributed by atoms with Crippen LogP contribution in [0.2, 0.25) is 0 Å². The number of aromatic nitrogens is 5. The Morgan fingerprint density at radius 1 is 1.28 bits per heavy atom. The Morgan fingerprint density at radius 2 is 2.09 bits per heavy atom. The first-order valence-corrected chi connectivity index (χ1v) is 9.30. The molecule has 1 aliphatic rings. The van der Waals surface area contributed by atoms with Gasteiger partial charge in [-0.1, -0.05) is 0 Å². The van der Waals surface area contributed by atoms with Crippen molar-refractivity contribution in [2.75, 3.05) is 24.6 Å². The van der Waals surface area contributed by atoms with Crippen molar-refractivity contribution < 1.29 is 13.5 Å². The second kappa shape index (κ2) is 8.06. The number of aromatic amines is 3. The number of anilines is 1. The van der Waals surface area contributed by atoms with E-state index in [-0.39, 0.29) is 36.0 Å². The maximum absolute atomic E-state index is 14.6. The second-order valence-corrected chi connectivity index (χ2v) is 7.10. The molecule has 0 unspecified atom stereocenters. The maximum atomic E-state index is 14.6. The lowest BCUT2D eigenvalue weighted by Crippen LogP contribution is -2.32. The van der Waals surface area contributed by atoms with E-state index in [1.54, 1.807) is 0 Å². The number of nitrogens with one attached hydrogen (secondary N) is 3. The number of nitrogens with zero attached hydrogens (tertiary/aromatic N) is 4. The summed E-state index contributed by atoms with van der Waals surface area (Å²) in [5.41, 5.74) is -2.00. The molecule has 0 radical (unpaired) electrons. The molecule has 0 amide bonds. The highest BCUT2D eigenvalue weighted by molar-refractivity contribution is 5.62. The Bertz CT molecular complexity index is 1360. The topological polar surface area (TPSA) is 161 Å². The van der Waals surface area contributed by atoms with Gasteiger partial charge in [-0.2, -0.15) is 10.4 Å². The molecule has 1 aliphatic heterocycles. The normalized spacial score (nSPS) is 17.2. The molecule has 4 heterocycles. The second-order valence-electron chi connectivity index (χ2n) is 7.10. The number of alkyl halides is 2. The number of hydrogen-bond donors (Lipinski definition) is 3. The molecular weight excluding hydrogens is 428 g/mol. The minimum atomic E-state index is -3.17. The monoisotopic (exact) mass is 443 g/mol. The summed E-state index contributed by atoms with van der Waals surface area (Å²) in [6, 6.07) is 5.97. The molecule has 4 rings (SSSR count). The summed E-state index contributed by atoms with van der Waals surface area (Å²) in [6.07, 6.45) is 2.39. The van der Waals surface area contributed by atoms with Gasteiger partial charge in [-0.15, -0.1) is 0 Å². The number of nitriles is 1. The molecule has 1 fully saturated rings. The molecule has 3 aromatic heterocycles. The van der Waals surface area contributed by atoms with Crippen molar-refractivity contribution in [2.45, 2.75) is 5.92 Å². The zero-order chi connectivity index (χ0) is 22.9. The van der Waals surface area contributed by atoms with Crippen molar-refractivity contribution in [1.82, 2.24) is 25.1 Å². The number of H-pyrrole nitrogens is 3. The van der Waals surface area contributed by atoms with E-state index >= 15 is 0 Å². The van der Waals surface area contributed by atoms with Crippen molar-refractivity contribution in [3.63, 3.8) is 0 Å². The molecule has 13 heteroatoms. The van der Waals surface area contributed by atoms with Gasteiger partial charge in [0.1, 0.15) is 18.4 Å². The molecule has 0 bridgehead atoms. The standard InChI is InChI=1S/C19H15F2N7O4/c20-19(21)9-28(7-11(19)8-32-15-2-1-10(4-22)5-23-15)14-3-13(26-27-17(14)30)12-6-24-18(31)25-16(12)29/h1-3,5-6,11H,7-9H2,(H,27,30)(H2,24,25,29,31)/t11-/m1/s1. The van der Waals surface area contributed by atoms with Crippen LogP contribution in [0.1, 0.15) is 5.56 Å². The minimum Gasteiger partial charge on any atom is -0.477 e. The lowest BCUT2D eigenvalue weighted by atomic mass is 10.1. The molecule has 3 N–H and O–H groups in total. The third kappa shape index (κ3) is 4.10. The van der Waals surface area contributed by atoms with Crippen molar-refractivity contribution in [3.05, 3.63) is 67.3 Å². The first kappa shape index (κ1) is 20.9. The Labute approximate surface area is 177 Å². The van der Waals surface area contributed by atoms with Gasteiger partial charge < -0.3 is 14.6 Å². The molecule has 3 aromatic rings. The molecule has 32 heavy (non-hydrogen) atoms. The fraction of sp³-hybridized carbons (Fsp3) is 0.263. The highest BCUT2D eigenvalue weighted by Gasteiger charge is 2.49. The van der Waals surface area contributed by atoms with E-state index in [4.69, 9.17) is 10.00 Å². The van der Waals surface area contributed by atoms with Gasteiger partial charge in [0.2, 0.25) is 5.88 Å². The molecule has 1 saturated heterocycles. The van der Waals surface area contributed by atoms with E-state index in [0.29, 0.717) is 5.56 Å². The van der Waals surface area contributed by atoms with Gasteiger partial charge >= 0.3 is 5.69 Å². The van der Waals surface area contributed by atoms with Crippen molar-refractivity contribution in [2.24, 2.45) is 5.92 Å².